The van der Waals surface area contributed by atoms with Crippen LogP contribution in [0.25, 0.3) is 10.8 Å². The number of benzene rings is 2. The van der Waals surface area contributed by atoms with Crippen molar-refractivity contribution in [2.24, 2.45) is 0 Å². The first-order valence-electron chi connectivity index (χ1n) is 10.7. The van der Waals surface area contributed by atoms with Gasteiger partial charge in [-0.15, -0.1) is 0 Å². The summed E-state index contributed by atoms with van der Waals surface area (Å²) < 4.78 is 9.31. The van der Waals surface area contributed by atoms with E-state index in [1.54, 1.807) is 26.4 Å². The average molecular weight is 424 g/mol. The second-order valence-electron chi connectivity index (χ2n) is 6.93. The molecule has 0 bridgehead atoms. The van der Waals surface area contributed by atoms with Crippen LogP contribution in [-0.2, 0) is 9.47 Å². The zero-order valence-corrected chi connectivity index (χ0v) is 20.4. The minimum Gasteiger partial charge on any atom is -0.382 e. The molecule has 3 heteroatoms. The molecule has 0 amide bonds. The van der Waals surface area contributed by atoms with Gasteiger partial charge in [0, 0.05) is 32.4 Å². The third-order valence-corrected chi connectivity index (χ3v) is 5.06. The molecule has 0 saturated carbocycles. The van der Waals surface area contributed by atoms with Crippen LogP contribution in [0.3, 0.4) is 0 Å². The molecule has 0 aliphatic carbocycles. The number of allylic oxidation sites excluding steroid dienone is 4. The summed E-state index contributed by atoms with van der Waals surface area (Å²) in [6.07, 6.45) is 7.37. The van der Waals surface area contributed by atoms with Gasteiger partial charge in [-0.3, -0.25) is 0 Å². The molecular weight excluding hydrogens is 382 g/mol. The van der Waals surface area contributed by atoms with Gasteiger partial charge in [0.05, 0.1) is 13.2 Å². The van der Waals surface area contributed by atoms with E-state index in [1.165, 1.54) is 27.6 Å². The molecule has 2 aromatic carbocycles. The Bertz CT molecular complexity index is 813. The van der Waals surface area contributed by atoms with E-state index in [0.29, 0.717) is 19.1 Å². The van der Waals surface area contributed by atoms with Gasteiger partial charge in [0.2, 0.25) is 0 Å². The molecule has 0 radical (unpaired) electrons. The fraction of sp³-hybridized carbons (Fsp3) is 0.357. The molecule has 0 spiro atoms. The zero-order valence-electron chi connectivity index (χ0n) is 20.4. The highest BCUT2D eigenvalue weighted by Gasteiger charge is 2.12. The molecule has 0 aliphatic heterocycles. The minimum atomic E-state index is 0.438. The lowest BCUT2D eigenvalue weighted by molar-refractivity contribution is 0.103. The molecule has 0 aromatic heterocycles. The molecule has 170 valence electrons. The number of rotatable bonds is 9. The number of methoxy groups -OCH3 is 2. The first kappa shape index (κ1) is 28.4. The Labute approximate surface area is 190 Å². The molecular formula is C28H41NO2. The van der Waals surface area contributed by atoms with Gasteiger partial charge in [-0.2, -0.15) is 0 Å². The summed E-state index contributed by atoms with van der Waals surface area (Å²) in [6.45, 7) is 21.7. The van der Waals surface area contributed by atoms with E-state index in [2.05, 4.69) is 104 Å². The number of fused-ring (bicyclic) bond motifs is 1. The number of ether oxygens (including phenoxy) is 2. The number of nitrogens with zero attached hydrogens (tertiary/aromatic N) is 1. The first-order valence-corrected chi connectivity index (χ1v) is 10.7. The molecule has 3 nitrogen and oxygen atoms in total. The van der Waals surface area contributed by atoms with Crippen LogP contribution >= 0.6 is 0 Å². The van der Waals surface area contributed by atoms with E-state index in [9.17, 15) is 0 Å². The molecule has 1 atom stereocenters. The van der Waals surface area contributed by atoms with Crippen molar-refractivity contribution in [2.75, 3.05) is 38.9 Å². The van der Waals surface area contributed by atoms with Crippen molar-refractivity contribution in [3.05, 3.63) is 91.7 Å². The maximum Gasteiger partial charge on any atom is 0.0696 e. The predicted molar refractivity (Wildman–Crippen MR) is 139 cm³/mol. The van der Waals surface area contributed by atoms with Gasteiger partial charge in [-0.05, 0) is 55.4 Å². The van der Waals surface area contributed by atoms with Crippen LogP contribution < -0.4 is 4.90 Å². The second-order valence-corrected chi connectivity index (χ2v) is 6.93. The van der Waals surface area contributed by atoms with Gasteiger partial charge in [-0.25, -0.2) is 0 Å². The van der Waals surface area contributed by atoms with Gasteiger partial charge in [0.1, 0.15) is 0 Å². The van der Waals surface area contributed by atoms with Crippen molar-refractivity contribution in [3.8, 4) is 0 Å². The second kappa shape index (κ2) is 17.1. The van der Waals surface area contributed by atoms with Crippen LogP contribution in [0.2, 0.25) is 0 Å². The average Bonchev–Trinajstić information content (AvgIpc) is 2.82. The number of hydrogen-bond acceptors (Lipinski definition) is 3. The molecule has 0 saturated heterocycles. The minimum absolute atomic E-state index is 0.438. The Hall–Kier alpha value is -2.62. The zero-order chi connectivity index (χ0) is 23.6. The van der Waals surface area contributed by atoms with Gasteiger partial charge in [-0.1, -0.05) is 74.7 Å². The van der Waals surface area contributed by atoms with Gasteiger partial charge < -0.3 is 14.4 Å². The molecule has 0 heterocycles. The van der Waals surface area contributed by atoms with E-state index >= 15 is 0 Å². The molecule has 2 aromatic rings. The quantitative estimate of drug-likeness (QED) is 0.236. The van der Waals surface area contributed by atoms with Crippen molar-refractivity contribution in [1.29, 1.82) is 0 Å². The van der Waals surface area contributed by atoms with E-state index in [1.807, 2.05) is 6.20 Å². The SMILES string of the molecule is C=CC=C.C=CN(CC)c1ccc2cccc(C(C)/C(C)=C/C)c2c1.COCCOC. The highest BCUT2D eigenvalue weighted by atomic mass is 16.5. The van der Waals surface area contributed by atoms with Crippen LogP contribution in [0.5, 0.6) is 0 Å². The molecule has 1 unspecified atom stereocenters. The van der Waals surface area contributed by atoms with Gasteiger partial charge in [0.25, 0.3) is 0 Å². The van der Waals surface area contributed by atoms with E-state index in [0.717, 1.165) is 6.54 Å². The molecule has 0 fully saturated rings. The lowest BCUT2D eigenvalue weighted by Gasteiger charge is -2.20. The number of hydrogen-bond donors (Lipinski definition) is 0. The third kappa shape index (κ3) is 9.82. The van der Waals surface area contributed by atoms with E-state index < -0.39 is 0 Å². The first-order chi connectivity index (χ1) is 14.9. The Balaban J connectivity index is 0.000000753. The maximum atomic E-state index is 4.66. The van der Waals surface area contributed by atoms with Crippen molar-refractivity contribution in [3.63, 3.8) is 0 Å². The summed E-state index contributed by atoms with van der Waals surface area (Å²) in [5, 5.41) is 2.64. The summed E-state index contributed by atoms with van der Waals surface area (Å²) in [6, 6.07) is 13.2. The molecule has 0 N–H and O–H groups in total. The van der Waals surface area contributed by atoms with Crippen LogP contribution in [-0.4, -0.2) is 34.0 Å². The summed E-state index contributed by atoms with van der Waals surface area (Å²) in [5.74, 6) is 0.438. The lowest BCUT2D eigenvalue weighted by atomic mass is 9.89. The highest BCUT2D eigenvalue weighted by Crippen LogP contribution is 2.32. The van der Waals surface area contributed by atoms with Crippen LogP contribution in [0.1, 0.15) is 39.2 Å². The molecule has 0 aliphatic rings. The van der Waals surface area contributed by atoms with Gasteiger partial charge in [0.15, 0.2) is 0 Å². The Morgan fingerprint density at radius 3 is 2.10 bits per heavy atom. The Morgan fingerprint density at radius 1 is 1.03 bits per heavy atom. The van der Waals surface area contributed by atoms with Crippen molar-refractivity contribution in [1.82, 2.24) is 0 Å². The van der Waals surface area contributed by atoms with Crippen molar-refractivity contribution < 1.29 is 9.47 Å². The normalized spacial score (nSPS) is 11.4. The highest BCUT2D eigenvalue weighted by molar-refractivity contribution is 5.89. The summed E-state index contributed by atoms with van der Waals surface area (Å²) in [4.78, 5) is 2.17. The number of anilines is 1. The monoisotopic (exact) mass is 423 g/mol. The van der Waals surface area contributed by atoms with Crippen LogP contribution in [0, 0.1) is 0 Å². The van der Waals surface area contributed by atoms with Crippen LogP contribution in [0.4, 0.5) is 5.69 Å². The van der Waals surface area contributed by atoms with Crippen molar-refractivity contribution >= 4 is 16.5 Å². The topological polar surface area (TPSA) is 21.7 Å². The lowest BCUT2D eigenvalue weighted by Crippen LogP contribution is -2.13. The standard InChI is InChI=1S/C20H25N.C4H10O2.C4H6/c1-6-15(4)16(5)19-11-9-10-17-12-13-18(14-20(17)19)21(7-2)8-3;1-5-3-4-6-2;1-3-4-2/h6-7,9-14,16H,2,8H2,1,3-5H3;3-4H2,1-2H3;3-4H,1-2H2/b15-6+;;. The van der Waals surface area contributed by atoms with E-state index in [4.69, 9.17) is 0 Å². The van der Waals surface area contributed by atoms with Gasteiger partial charge >= 0.3 is 0 Å². The largest absolute Gasteiger partial charge is 0.382 e. The predicted octanol–water partition coefficient (Wildman–Crippen LogP) is 7.52. The van der Waals surface area contributed by atoms with Crippen molar-refractivity contribution in [2.45, 2.75) is 33.6 Å². The Kier molecular flexibility index (Phi) is 15.7. The summed E-state index contributed by atoms with van der Waals surface area (Å²) in [7, 11) is 3.30. The molecule has 2 rings (SSSR count). The maximum absolute atomic E-state index is 4.66. The third-order valence-electron chi connectivity index (χ3n) is 5.06. The molecule has 31 heavy (non-hydrogen) atoms. The fourth-order valence-electron chi connectivity index (χ4n) is 2.92. The Morgan fingerprint density at radius 2 is 1.65 bits per heavy atom. The smallest absolute Gasteiger partial charge is 0.0696 e. The van der Waals surface area contributed by atoms with Crippen LogP contribution in [0.15, 0.2) is 86.1 Å². The fourth-order valence-corrected chi connectivity index (χ4v) is 2.92. The summed E-state index contributed by atoms with van der Waals surface area (Å²) >= 11 is 0. The van der Waals surface area contributed by atoms with E-state index in [-0.39, 0.29) is 0 Å². The summed E-state index contributed by atoms with van der Waals surface area (Å²) in [5.41, 5.74) is 4.01.